The summed E-state index contributed by atoms with van der Waals surface area (Å²) in [5, 5.41) is 9.63. The van der Waals surface area contributed by atoms with Crippen molar-refractivity contribution in [2.24, 2.45) is 0 Å². The molecule has 5 heteroatoms. The zero-order valence-corrected chi connectivity index (χ0v) is 43.5. The largest absolute Gasteiger partial charge is 0.462 e. The van der Waals surface area contributed by atoms with Crippen molar-refractivity contribution in [2.75, 3.05) is 13.2 Å². The van der Waals surface area contributed by atoms with E-state index in [9.17, 15) is 14.7 Å². The summed E-state index contributed by atoms with van der Waals surface area (Å²) in [6.45, 7) is 4.04. The van der Waals surface area contributed by atoms with Crippen LogP contribution in [0.1, 0.15) is 303 Å². The average Bonchev–Trinajstić information content (AvgIpc) is 3.31. The van der Waals surface area contributed by atoms with Crippen molar-refractivity contribution in [3.63, 3.8) is 0 Å². The molecule has 1 unspecified atom stereocenters. The molecule has 1 N–H and O–H groups in total. The smallest absolute Gasteiger partial charge is 0.306 e. The van der Waals surface area contributed by atoms with Crippen molar-refractivity contribution in [3.05, 3.63) is 48.6 Å². The van der Waals surface area contributed by atoms with Gasteiger partial charge in [0.15, 0.2) is 6.10 Å². The normalized spacial score (nSPS) is 12.5. The fraction of sp³-hybridized carbons (Fsp3) is 0.833. The van der Waals surface area contributed by atoms with Crippen LogP contribution in [0.15, 0.2) is 48.6 Å². The molecule has 1 atom stereocenters. The second-order valence-corrected chi connectivity index (χ2v) is 19.3. The van der Waals surface area contributed by atoms with Crippen LogP contribution in [0.4, 0.5) is 0 Å². The molecule has 0 aromatic carbocycles. The van der Waals surface area contributed by atoms with Crippen LogP contribution >= 0.6 is 0 Å². The van der Waals surface area contributed by atoms with Gasteiger partial charge in [0.25, 0.3) is 0 Å². The molecule has 0 saturated heterocycles. The van der Waals surface area contributed by atoms with Gasteiger partial charge < -0.3 is 14.6 Å². The second kappa shape index (κ2) is 56.2. The van der Waals surface area contributed by atoms with Gasteiger partial charge in [0, 0.05) is 12.8 Å². The summed E-state index contributed by atoms with van der Waals surface area (Å²) in [5.41, 5.74) is 0. The SMILES string of the molecule is CC/C=C\C/C=C\C/C=C\C/C=C\CCCCCCC(=O)OC(CO)COC(=O)CCCCCCCCCCCCCCCCCCCCCCCCCCCCCCCCCCCC. The van der Waals surface area contributed by atoms with Crippen LogP contribution < -0.4 is 0 Å². The molecule has 0 saturated carbocycles. The highest BCUT2D eigenvalue weighted by atomic mass is 16.6. The first-order valence-corrected chi connectivity index (χ1v) is 28.7. The lowest BCUT2D eigenvalue weighted by atomic mass is 10.0. The molecule has 0 aliphatic rings. The van der Waals surface area contributed by atoms with E-state index in [1.54, 1.807) is 0 Å². The lowest BCUT2D eigenvalue weighted by Gasteiger charge is -2.15. The van der Waals surface area contributed by atoms with Gasteiger partial charge in [-0.05, 0) is 51.4 Å². The van der Waals surface area contributed by atoms with Crippen LogP contribution in [-0.2, 0) is 19.1 Å². The Balaban J connectivity index is 3.40. The first-order chi connectivity index (χ1) is 32.1. The molecule has 0 aromatic heterocycles. The molecule has 380 valence electrons. The topological polar surface area (TPSA) is 72.8 Å². The summed E-state index contributed by atoms with van der Waals surface area (Å²) in [6.07, 6.45) is 74.0. The molecular formula is C60H110O5. The standard InChI is InChI=1S/C60H110O5/c1-3-5-7-9-11-13-15-17-19-21-22-23-24-25-26-27-28-29-30-31-32-33-34-35-36-37-39-40-42-44-46-48-50-52-54-59(62)64-57-58(56-61)65-60(63)55-53-51-49-47-45-43-41-38-20-18-16-14-12-10-8-6-4-2/h6,8,12,14,18,20,41,43,58,61H,3-5,7,9-11,13,15-17,19,21-40,42,44-57H2,1-2H3/b8-6-,14-12-,20-18-,43-41-. The number of unbranched alkanes of at least 4 members (excludes halogenated alkanes) is 37. The highest BCUT2D eigenvalue weighted by Crippen LogP contribution is 2.18. The van der Waals surface area contributed by atoms with E-state index >= 15 is 0 Å². The minimum absolute atomic E-state index is 0.0738. The molecule has 0 bridgehead atoms. The number of hydrogen-bond acceptors (Lipinski definition) is 5. The van der Waals surface area contributed by atoms with Gasteiger partial charge in [-0.25, -0.2) is 0 Å². The Morgan fingerprint density at radius 3 is 1.00 bits per heavy atom. The van der Waals surface area contributed by atoms with Gasteiger partial charge >= 0.3 is 11.9 Å². The van der Waals surface area contributed by atoms with Gasteiger partial charge in [0.05, 0.1) is 6.61 Å². The summed E-state index contributed by atoms with van der Waals surface area (Å²) in [7, 11) is 0. The van der Waals surface area contributed by atoms with Gasteiger partial charge in [-0.1, -0.05) is 287 Å². The number of hydrogen-bond donors (Lipinski definition) is 1. The van der Waals surface area contributed by atoms with Crippen LogP contribution in [0.2, 0.25) is 0 Å². The Hall–Kier alpha value is -2.14. The third kappa shape index (κ3) is 54.4. The zero-order chi connectivity index (χ0) is 47.0. The molecule has 0 heterocycles. The minimum atomic E-state index is -0.785. The molecule has 0 aromatic rings. The predicted octanol–water partition coefficient (Wildman–Crippen LogP) is 19.3. The number of allylic oxidation sites excluding steroid dienone is 8. The average molecular weight is 912 g/mol. The van der Waals surface area contributed by atoms with Gasteiger partial charge in [-0.3, -0.25) is 9.59 Å². The minimum Gasteiger partial charge on any atom is -0.462 e. The first-order valence-electron chi connectivity index (χ1n) is 28.7. The lowest BCUT2D eigenvalue weighted by Crippen LogP contribution is -2.28. The highest BCUT2D eigenvalue weighted by molar-refractivity contribution is 5.70. The fourth-order valence-corrected chi connectivity index (χ4v) is 8.61. The number of aliphatic hydroxyl groups excluding tert-OH is 1. The van der Waals surface area contributed by atoms with Gasteiger partial charge in [0.2, 0.25) is 0 Å². The van der Waals surface area contributed by atoms with Crippen LogP contribution in [0.25, 0.3) is 0 Å². The van der Waals surface area contributed by atoms with Crippen LogP contribution in [-0.4, -0.2) is 36.4 Å². The number of aliphatic hydroxyl groups is 1. The molecule has 0 spiro atoms. The number of carbonyl (C=O) groups excluding carboxylic acids is 2. The lowest BCUT2D eigenvalue weighted by molar-refractivity contribution is -0.161. The summed E-state index contributed by atoms with van der Waals surface area (Å²) in [6, 6.07) is 0. The first kappa shape index (κ1) is 62.9. The number of rotatable bonds is 53. The van der Waals surface area contributed by atoms with Gasteiger partial charge in [0.1, 0.15) is 6.61 Å². The molecule has 0 aliphatic heterocycles. The zero-order valence-electron chi connectivity index (χ0n) is 43.5. The molecule has 0 fully saturated rings. The summed E-state index contributed by atoms with van der Waals surface area (Å²) >= 11 is 0. The van der Waals surface area contributed by atoms with E-state index < -0.39 is 6.10 Å². The summed E-state index contributed by atoms with van der Waals surface area (Å²) in [4.78, 5) is 24.5. The Morgan fingerprint density at radius 1 is 0.369 bits per heavy atom. The van der Waals surface area contributed by atoms with E-state index in [4.69, 9.17) is 9.47 Å². The van der Waals surface area contributed by atoms with E-state index in [2.05, 4.69) is 62.5 Å². The Bertz CT molecular complexity index is 1080. The number of esters is 2. The van der Waals surface area contributed by atoms with Crippen molar-refractivity contribution < 1.29 is 24.2 Å². The third-order valence-electron chi connectivity index (χ3n) is 12.9. The molecule has 65 heavy (non-hydrogen) atoms. The third-order valence-corrected chi connectivity index (χ3v) is 12.9. The van der Waals surface area contributed by atoms with Gasteiger partial charge in [-0.15, -0.1) is 0 Å². The van der Waals surface area contributed by atoms with E-state index in [0.29, 0.717) is 12.8 Å². The Labute approximate surface area is 405 Å². The maximum Gasteiger partial charge on any atom is 0.306 e. The summed E-state index contributed by atoms with van der Waals surface area (Å²) < 4.78 is 10.7. The van der Waals surface area contributed by atoms with E-state index in [-0.39, 0.29) is 25.2 Å². The second-order valence-electron chi connectivity index (χ2n) is 19.3. The number of carbonyl (C=O) groups is 2. The van der Waals surface area contributed by atoms with E-state index in [1.165, 1.54) is 199 Å². The Kier molecular flexibility index (Phi) is 54.3. The molecule has 0 aliphatic carbocycles. The van der Waals surface area contributed by atoms with E-state index in [1.807, 2.05) is 0 Å². The fourth-order valence-electron chi connectivity index (χ4n) is 8.61. The van der Waals surface area contributed by atoms with Crippen LogP contribution in [0.5, 0.6) is 0 Å². The monoisotopic (exact) mass is 911 g/mol. The molecular weight excluding hydrogens is 801 g/mol. The van der Waals surface area contributed by atoms with Gasteiger partial charge in [-0.2, -0.15) is 0 Å². The van der Waals surface area contributed by atoms with Crippen molar-refractivity contribution >= 4 is 11.9 Å². The molecule has 5 nitrogen and oxygen atoms in total. The predicted molar refractivity (Wildman–Crippen MR) is 284 cm³/mol. The van der Waals surface area contributed by atoms with E-state index in [0.717, 1.165) is 77.0 Å². The van der Waals surface area contributed by atoms with Crippen LogP contribution in [0, 0.1) is 0 Å². The maximum atomic E-state index is 12.2. The van der Waals surface area contributed by atoms with Crippen LogP contribution in [0.3, 0.4) is 0 Å². The van der Waals surface area contributed by atoms with Crippen molar-refractivity contribution in [1.29, 1.82) is 0 Å². The molecule has 0 radical (unpaired) electrons. The number of ether oxygens (including phenoxy) is 2. The maximum absolute atomic E-state index is 12.2. The summed E-state index contributed by atoms with van der Waals surface area (Å²) in [5.74, 6) is -0.607. The molecule has 0 amide bonds. The van der Waals surface area contributed by atoms with Crippen molar-refractivity contribution in [3.8, 4) is 0 Å². The van der Waals surface area contributed by atoms with Crippen molar-refractivity contribution in [1.82, 2.24) is 0 Å². The van der Waals surface area contributed by atoms with Crippen molar-refractivity contribution in [2.45, 2.75) is 309 Å². The Morgan fingerprint density at radius 2 is 0.662 bits per heavy atom. The quantitative estimate of drug-likeness (QED) is 0.0374. The highest BCUT2D eigenvalue weighted by Gasteiger charge is 2.16. The molecule has 0 rings (SSSR count).